The van der Waals surface area contributed by atoms with Crippen LogP contribution in [-0.4, -0.2) is 18.0 Å². The number of rotatable bonds is 0. The lowest BCUT2D eigenvalue weighted by molar-refractivity contribution is -0.242. The largest absolute Gasteiger partial charge is 0.347 e. The predicted molar refractivity (Wildman–Crippen MR) is 51.5 cm³/mol. The van der Waals surface area contributed by atoms with E-state index < -0.39 is 0 Å². The molecule has 2 rings (SSSR count). The molecular weight excluding hydrogens is 164 g/mol. The third-order valence-corrected chi connectivity index (χ3v) is 3.18. The first-order chi connectivity index (χ1) is 6.20. The lowest BCUT2D eigenvalue weighted by Crippen LogP contribution is -2.34. The third-order valence-electron chi connectivity index (χ3n) is 3.18. The van der Waals surface area contributed by atoms with E-state index in [2.05, 4.69) is 13.8 Å². The standard InChI is InChI=1S/C11H20O2/c1-9-5-3-4-7-11(12-9)8-6-10(2)13-11/h9-10H,3-8H2,1-2H3/t9-,10+,11-/m0/s1. The van der Waals surface area contributed by atoms with Gasteiger partial charge >= 0.3 is 0 Å². The van der Waals surface area contributed by atoms with Crippen LogP contribution in [0.25, 0.3) is 0 Å². The van der Waals surface area contributed by atoms with Crippen molar-refractivity contribution in [1.29, 1.82) is 0 Å². The number of hydrogen-bond donors (Lipinski definition) is 0. The number of hydrogen-bond acceptors (Lipinski definition) is 2. The zero-order valence-electron chi connectivity index (χ0n) is 8.71. The number of ether oxygens (including phenoxy) is 2. The van der Waals surface area contributed by atoms with Gasteiger partial charge in [0.2, 0.25) is 0 Å². The smallest absolute Gasteiger partial charge is 0.169 e. The topological polar surface area (TPSA) is 18.5 Å². The maximum Gasteiger partial charge on any atom is 0.169 e. The molecule has 0 amide bonds. The predicted octanol–water partition coefficient (Wildman–Crippen LogP) is 2.86. The van der Waals surface area contributed by atoms with Gasteiger partial charge in [-0.15, -0.1) is 0 Å². The fourth-order valence-corrected chi connectivity index (χ4v) is 2.49. The summed E-state index contributed by atoms with van der Waals surface area (Å²) in [7, 11) is 0. The molecule has 0 aromatic heterocycles. The summed E-state index contributed by atoms with van der Waals surface area (Å²) in [5.41, 5.74) is 0. The van der Waals surface area contributed by atoms with Gasteiger partial charge in [-0.1, -0.05) is 6.42 Å². The Morgan fingerprint density at radius 2 is 1.62 bits per heavy atom. The van der Waals surface area contributed by atoms with Crippen LogP contribution in [0.3, 0.4) is 0 Å². The molecule has 0 bridgehead atoms. The molecule has 1 spiro atoms. The van der Waals surface area contributed by atoms with E-state index >= 15 is 0 Å². The van der Waals surface area contributed by atoms with Crippen molar-refractivity contribution in [2.24, 2.45) is 0 Å². The molecule has 0 aromatic carbocycles. The Balaban J connectivity index is 2.03. The minimum atomic E-state index is -0.199. The van der Waals surface area contributed by atoms with Gasteiger partial charge in [-0.05, 0) is 33.1 Å². The van der Waals surface area contributed by atoms with E-state index in [1.807, 2.05) is 0 Å². The molecule has 0 aromatic rings. The van der Waals surface area contributed by atoms with Gasteiger partial charge < -0.3 is 9.47 Å². The first kappa shape index (κ1) is 9.47. The highest BCUT2D eigenvalue weighted by atomic mass is 16.7. The Labute approximate surface area is 80.6 Å². The van der Waals surface area contributed by atoms with Crippen molar-refractivity contribution in [3.05, 3.63) is 0 Å². The minimum Gasteiger partial charge on any atom is -0.347 e. The highest BCUT2D eigenvalue weighted by molar-refractivity contribution is 4.82. The van der Waals surface area contributed by atoms with Crippen molar-refractivity contribution >= 4 is 0 Å². The minimum absolute atomic E-state index is 0.199. The maximum atomic E-state index is 6.01. The SMILES string of the molecule is C[C@@H]1CC[C@]2(CCCC[C@H](C)O2)O1. The van der Waals surface area contributed by atoms with Crippen LogP contribution in [0.2, 0.25) is 0 Å². The lowest BCUT2D eigenvalue weighted by atomic mass is 10.1. The molecule has 0 radical (unpaired) electrons. The summed E-state index contributed by atoms with van der Waals surface area (Å²) in [6.45, 7) is 4.31. The molecule has 76 valence electrons. The maximum absolute atomic E-state index is 6.01. The molecule has 2 heteroatoms. The quantitative estimate of drug-likeness (QED) is 0.576. The van der Waals surface area contributed by atoms with Crippen molar-refractivity contribution in [1.82, 2.24) is 0 Å². The van der Waals surface area contributed by atoms with Crippen molar-refractivity contribution in [2.75, 3.05) is 0 Å². The molecule has 2 aliphatic rings. The molecule has 13 heavy (non-hydrogen) atoms. The second kappa shape index (κ2) is 3.58. The van der Waals surface area contributed by atoms with Crippen LogP contribution in [0.4, 0.5) is 0 Å². The molecule has 2 saturated heterocycles. The Morgan fingerprint density at radius 3 is 2.31 bits per heavy atom. The molecule has 0 N–H and O–H groups in total. The summed E-state index contributed by atoms with van der Waals surface area (Å²) >= 11 is 0. The molecule has 2 nitrogen and oxygen atoms in total. The highest BCUT2D eigenvalue weighted by Crippen LogP contribution is 2.39. The zero-order valence-corrected chi connectivity index (χ0v) is 8.71. The summed E-state index contributed by atoms with van der Waals surface area (Å²) in [4.78, 5) is 0. The van der Waals surface area contributed by atoms with Gasteiger partial charge in [0.25, 0.3) is 0 Å². The molecule has 2 heterocycles. The fraction of sp³-hybridized carbons (Fsp3) is 1.00. The molecule has 2 fully saturated rings. The van der Waals surface area contributed by atoms with Gasteiger partial charge in [-0.25, -0.2) is 0 Å². The second-order valence-electron chi connectivity index (χ2n) is 4.55. The van der Waals surface area contributed by atoms with Gasteiger partial charge in [0.05, 0.1) is 12.2 Å². The summed E-state index contributed by atoms with van der Waals surface area (Å²) in [6, 6.07) is 0. The lowest BCUT2D eigenvalue weighted by Gasteiger charge is -2.30. The van der Waals surface area contributed by atoms with E-state index in [1.165, 1.54) is 19.3 Å². The van der Waals surface area contributed by atoms with E-state index in [0.717, 1.165) is 19.3 Å². The van der Waals surface area contributed by atoms with E-state index in [0.29, 0.717) is 12.2 Å². The summed E-state index contributed by atoms with van der Waals surface area (Å²) < 4.78 is 11.9. The van der Waals surface area contributed by atoms with Gasteiger partial charge in [0, 0.05) is 12.8 Å². The van der Waals surface area contributed by atoms with Crippen LogP contribution in [-0.2, 0) is 9.47 Å². The Morgan fingerprint density at radius 1 is 0.923 bits per heavy atom. The Kier molecular flexibility index (Phi) is 2.61. The third kappa shape index (κ3) is 2.05. The average Bonchev–Trinajstić information content (AvgIpc) is 2.30. The normalized spacial score (nSPS) is 46.6. The van der Waals surface area contributed by atoms with Crippen LogP contribution in [0.1, 0.15) is 52.4 Å². The van der Waals surface area contributed by atoms with Crippen LogP contribution in [0, 0.1) is 0 Å². The van der Waals surface area contributed by atoms with E-state index in [9.17, 15) is 0 Å². The van der Waals surface area contributed by atoms with E-state index in [1.54, 1.807) is 0 Å². The molecular formula is C11H20O2. The molecule has 2 aliphatic heterocycles. The van der Waals surface area contributed by atoms with Crippen molar-refractivity contribution in [3.63, 3.8) is 0 Å². The summed E-state index contributed by atoms with van der Waals surface area (Å²) in [6.07, 6.45) is 7.88. The first-order valence-electron chi connectivity index (χ1n) is 5.56. The van der Waals surface area contributed by atoms with Crippen molar-refractivity contribution in [2.45, 2.75) is 70.4 Å². The van der Waals surface area contributed by atoms with Crippen LogP contribution >= 0.6 is 0 Å². The second-order valence-corrected chi connectivity index (χ2v) is 4.55. The monoisotopic (exact) mass is 184 g/mol. The van der Waals surface area contributed by atoms with Gasteiger partial charge in [-0.2, -0.15) is 0 Å². The van der Waals surface area contributed by atoms with Gasteiger partial charge in [0.1, 0.15) is 0 Å². The van der Waals surface area contributed by atoms with E-state index in [4.69, 9.17) is 9.47 Å². The fourth-order valence-electron chi connectivity index (χ4n) is 2.49. The summed E-state index contributed by atoms with van der Waals surface area (Å²) in [5.74, 6) is -0.199. The molecule has 0 saturated carbocycles. The molecule has 0 unspecified atom stereocenters. The molecule has 3 atom stereocenters. The average molecular weight is 184 g/mol. The van der Waals surface area contributed by atoms with Gasteiger partial charge in [-0.3, -0.25) is 0 Å². The van der Waals surface area contributed by atoms with Crippen molar-refractivity contribution < 1.29 is 9.47 Å². The van der Waals surface area contributed by atoms with E-state index in [-0.39, 0.29) is 5.79 Å². The van der Waals surface area contributed by atoms with Crippen LogP contribution in [0.5, 0.6) is 0 Å². The zero-order chi connectivity index (χ0) is 9.31. The molecule has 0 aliphatic carbocycles. The van der Waals surface area contributed by atoms with Crippen LogP contribution in [0.15, 0.2) is 0 Å². The van der Waals surface area contributed by atoms with Crippen molar-refractivity contribution in [3.8, 4) is 0 Å². The first-order valence-corrected chi connectivity index (χ1v) is 5.56. The Hall–Kier alpha value is -0.0800. The Bertz CT molecular complexity index is 181. The van der Waals surface area contributed by atoms with Crippen LogP contribution < -0.4 is 0 Å². The van der Waals surface area contributed by atoms with Gasteiger partial charge in [0.15, 0.2) is 5.79 Å². The highest BCUT2D eigenvalue weighted by Gasteiger charge is 2.41. The summed E-state index contributed by atoms with van der Waals surface area (Å²) in [5, 5.41) is 0.